The van der Waals surface area contributed by atoms with Gasteiger partial charge in [-0.1, -0.05) is 12.1 Å². The van der Waals surface area contributed by atoms with Gasteiger partial charge < -0.3 is 14.5 Å². The van der Waals surface area contributed by atoms with Gasteiger partial charge in [0, 0.05) is 43.0 Å². The smallest absolute Gasteiger partial charge is 0.162 e. The van der Waals surface area contributed by atoms with Crippen molar-refractivity contribution in [2.45, 2.75) is 6.10 Å². The quantitative estimate of drug-likeness (QED) is 0.721. The minimum Gasteiger partial charge on any atom is -0.373 e. The number of hydrogen-bond donors (Lipinski definition) is 0. The number of hydrogen-bond acceptors (Lipinski definition) is 6. The van der Waals surface area contributed by atoms with Crippen molar-refractivity contribution in [2.75, 3.05) is 45.2 Å². The average molecular weight is 349 g/mol. The predicted molar refractivity (Wildman–Crippen MR) is 103 cm³/mol. The summed E-state index contributed by atoms with van der Waals surface area (Å²) in [5.74, 6) is 1.71. The molecular weight excluding hydrogens is 326 g/mol. The number of aromatic nitrogens is 3. The van der Waals surface area contributed by atoms with Gasteiger partial charge in [0.25, 0.3) is 0 Å². The molecule has 26 heavy (non-hydrogen) atoms. The molecule has 2 aromatic heterocycles. The number of morpholine rings is 1. The van der Waals surface area contributed by atoms with Gasteiger partial charge in [-0.25, -0.2) is 9.97 Å². The molecule has 0 saturated carbocycles. The molecule has 3 aromatic rings. The van der Waals surface area contributed by atoms with Crippen LogP contribution in [0.1, 0.15) is 0 Å². The maximum atomic E-state index is 5.93. The lowest BCUT2D eigenvalue weighted by Gasteiger charge is -2.35. The Hall–Kier alpha value is -2.57. The minimum absolute atomic E-state index is 0.178. The van der Waals surface area contributed by atoms with Crippen molar-refractivity contribution in [3.63, 3.8) is 0 Å². The van der Waals surface area contributed by atoms with Crippen molar-refractivity contribution < 1.29 is 4.74 Å². The van der Waals surface area contributed by atoms with Crippen LogP contribution in [-0.2, 0) is 4.74 Å². The summed E-state index contributed by atoms with van der Waals surface area (Å²) in [7, 11) is 4.15. The number of likely N-dealkylation sites (N-methyl/N-ethyl adjacent to an activating group) is 1. The number of nitrogens with zero attached hydrogens (tertiary/aromatic N) is 5. The fourth-order valence-electron chi connectivity index (χ4n) is 3.36. The molecule has 3 heterocycles. The van der Waals surface area contributed by atoms with Crippen LogP contribution in [0.2, 0.25) is 0 Å². The summed E-state index contributed by atoms with van der Waals surface area (Å²) in [5.41, 5.74) is 1.94. The van der Waals surface area contributed by atoms with E-state index in [-0.39, 0.29) is 6.10 Å². The molecule has 1 aromatic carbocycles. The highest BCUT2D eigenvalue weighted by Gasteiger charge is 2.24. The largest absolute Gasteiger partial charge is 0.373 e. The molecule has 0 spiro atoms. The van der Waals surface area contributed by atoms with E-state index in [0.717, 1.165) is 47.7 Å². The number of para-hydroxylation sites is 1. The van der Waals surface area contributed by atoms with Crippen molar-refractivity contribution in [3.05, 3.63) is 48.8 Å². The van der Waals surface area contributed by atoms with Gasteiger partial charge in [-0.05, 0) is 38.4 Å². The van der Waals surface area contributed by atoms with Gasteiger partial charge in [0.2, 0.25) is 0 Å². The van der Waals surface area contributed by atoms with Crippen LogP contribution in [0.25, 0.3) is 22.3 Å². The van der Waals surface area contributed by atoms with Gasteiger partial charge in [-0.15, -0.1) is 0 Å². The first-order chi connectivity index (χ1) is 12.7. The molecule has 0 N–H and O–H groups in total. The van der Waals surface area contributed by atoms with E-state index in [9.17, 15) is 0 Å². The van der Waals surface area contributed by atoms with Crippen molar-refractivity contribution in [3.8, 4) is 11.4 Å². The second kappa shape index (κ2) is 7.35. The van der Waals surface area contributed by atoms with Crippen LogP contribution in [-0.4, -0.2) is 66.3 Å². The highest BCUT2D eigenvalue weighted by atomic mass is 16.5. The van der Waals surface area contributed by atoms with Crippen LogP contribution < -0.4 is 4.90 Å². The maximum absolute atomic E-state index is 5.93. The van der Waals surface area contributed by atoms with Gasteiger partial charge in [0.1, 0.15) is 5.82 Å². The Labute approximate surface area is 153 Å². The summed E-state index contributed by atoms with van der Waals surface area (Å²) < 4.78 is 5.93. The number of pyridine rings is 1. The molecule has 0 radical (unpaired) electrons. The van der Waals surface area contributed by atoms with Crippen LogP contribution in [0.15, 0.2) is 48.8 Å². The van der Waals surface area contributed by atoms with Crippen molar-refractivity contribution in [1.82, 2.24) is 19.9 Å². The summed E-state index contributed by atoms with van der Waals surface area (Å²) in [6.45, 7) is 3.27. The average Bonchev–Trinajstić information content (AvgIpc) is 2.67. The summed E-state index contributed by atoms with van der Waals surface area (Å²) in [4.78, 5) is 18.3. The molecule has 1 aliphatic heterocycles. The monoisotopic (exact) mass is 349 g/mol. The molecule has 0 amide bonds. The standard InChI is InChI=1S/C20H23N5O/c1-24(2)13-16-14-25(11-12-26-16)20-17-5-3-4-6-18(17)22-19(23-20)15-7-9-21-10-8-15/h3-10,16H,11-14H2,1-2H3/t16-/m1/s1. The van der Waals surface area contributed by atoms with E-state index in [1.807, 2.05) is 30.3 Å². The number of rotatable bonds is 4. The third-order valence-corrected chi connectivity index (χ3v) is 4.53. The minimum atomic E-state index is 0.178. The van der Waals surface area contributed by atoms with E-state index in [1.54, 1.807) is 12.4 Å². The second-order valence-electron chi connectivity index (χ2n) is 6.82. The predicted octanol–water partition coefficient (Wildman–Crippen LogP) is 2.46. The number of anilines is 1. The third kappa shape index (κ3) is 3.52. The molecular formula is C20H23N5O. The number of benzene rings is 1. The SMILES string of the molecule is CN(C)C[C@@H]1CN(c2nc(-c3ccncc3)nc3ccccc23)CCO1. The Morgan fingerprint density at radius 3 is 2.73 bits per heavy atom. The summed E-state index contributed by atoms with van der Waals surface area (Å²) in [6.07, 6.45) is 3.72. The maximum Gasteiger partial charge on any atom is 0.162 e. The topological polar surface area (TPSA) is 54.4 Å². The van der Waals surface area contributed by atoms with Gasteiger partial charge >= 0.3 is 0 Å². The van der Waals surface area contributed by atoms with Gasteiger partial charge in [0.05, 0.1) is 18.2 Å². The van der Waals surface area contributed by atoms with Crippen LogP contribution in [0.3, 0.4) is 0 Å². The fraction of sp³-hybridized carbons (Fsp3) is 0.350. The van der Waals surface area contributed by atoms with E-state index in [4.69, 9.17) is 14.7 Å². The first-order valence-corrected chi connectivity index (χ1v) is 8.89. The van der Waals surface area contributed by atoms with E-state index >= 15 is 0 Å². The van der Waals surface area contributed by atoms with E-state index in [1.165, 1.54) is 0 Å². The highest BCUT2D eigenvalue weighted by molar-refractivity contribution is 5.91. The third-order valence-electron chi connectivity index (χ3n) is 4.53. The molecule has 1 aliphatic rings. The zero-order chi connectivity index (χ0) is 17.9. The highest BCUT2D eigenvalue weighted by Crippen LogP contribution is 2.28. The molecule has 6 nitrogen and oxygen atoms in total. The Morgan fingerprint density at radius 1 is 1.12 bits per heavy atom. The van der Waals surface area contributed by atoms with Gasteiger partial charge in [-0.3, -0.25) is 4.98 Å². The van der Waals surface area contributed by atoms with Gasteiger partial charge in [-0.2, -0.15) is 0 Å². The molecule has 134 valence electrons. The van der Waals surface area contributed by atoms with Crippen LogP contribution in [0.4, 0.5) is 5.82 Å². The Morgan fingerprint density at radius 2 is 1.92 bits per heavy atom. The summed E-state index contributed by atoms with van der Waals surface area (Å²) >= 11 is 0. The fourth-order valence-corrected chi connectivity index (χ4v) is 3.36. The Kier molecular flexibility index (Phi) is 4.77. The molecule has 1 fully saturated rings. The lowest BCUT2D eigenvalue weighted by Crippen LogP contribution is -2.46. The van der Waals surface area contributed by atoms with Gasteiger partial charge in [0.15, 0.2) is 5.82 Å². The molecule has 4 rings (SSSR count). The summed E-state index contributed by atoms with van der Waals surface area (Å²) in [5, 5.41) is 1.08. The van der Waals surface area contributed by atoms with Crippen molar-refractivity contribution in [1.29, 1.82) is 0 Å². The molecule has 0 unspecified atom stereocenters. The van der Waals surface area contributed by atoms with Crippen LogP contribution in [0.5, 0.6) is 0 Å². The Bertz CT molecular complexity index is 884. The zero-order valence-electron chi connectivity index (χ0n) is 15.2. The van der Waals surface area contributed by atoms with Crippen molar-refractivity contribution >= 4 is 16.7 Å². The lowest BCUT2D eigenvalue weighted by molar-refractivity contribution is 0.0246. The summed E-state index contributed by atoms with van der Waals surface area (Å²) in [6, 6.07) is 12.1. The molecule has 1 saturated heterocycles. The normalized spacial score (nSPS) is 17.8. The van der Waals surface area contributed by atoms with E-state index < -0.39 is 0 Å². The second-order valence-corrected chi connectivity index (χ2v) is 6.82. The zero-order valence-corrected chi connectivity index (χ0v) is 15.2. The lowest BCUT2D eigenvalue weighted by atomic mass is 10.1. The first kappa shape index (κ1) is 16.9. The van der Waals surface area contributed by atoms with Crippen LogP contribution >= 0.6 is 0 Å². The first-order valence-electron chi connectivity index (χ1n) is 8.89. The number of ether oxygens (including phenoxy) is 1. The van der Waals surface area contributed by atoms with Crippen LogP contribution in [0, 0.1) is 0 Å². The Balaban J connectivity index is 1.75. The molecule has 0 aliphatic carbocycles. The molecule has 0 bridgehead atoms. The number of fused-ring (bicyclic) bond motifs is 1. The van der Waals surface area contributed by atoms with E-state index in [2.05, 4.69) is 34.9 Å². The molecule has 1 atom stereocenters. The van der Waals surface area contributed by atoms with E-state index in [0.29, 0.717) is 6.61 Å². The van der Waals surface area contributed by atoms with Crippen molar-refractivity contribution in [2.24, 2.45) is 0 Å². The molecule has 6 heteroatoms.